The lowest BCUT2D eigenvalue weighted by atomic mass is 10.1. The maximum Gasteiger partial charge on any atom is 0.264 e. The Morgan fingerprint density at radius 3 is 3.07 bits per heavy atom. The zero-order valence-corrected chi connectivity index (χ0v) is 7.86. The molecule has 14 heavy (non-hydrogen) atoms. The summed E-state index contributed by atoms with van der Waals surface area (Å²) in [5, 5.41) is 8.92. The number of hydrogen-bond acceptors (Lipinski definition) is 3. The van der Waals surface area contributed by atoms with Crippen LogP contribution >= 0.6 is 0 Å². The molecule has 1 amide bonds. The van der Waals surface area contributed by atoms with E-state index in [-0.39, 0.29) is 19.1 Å². The summed E-state index contributed by atoms with van der Waals surface area (Å²) in [5.41, 5.74) is 1.53. The van der Waals surface area contributed by atoms with Crippen molar-refractivity contribution < 1.29 is 14.6 Å². The second kappa shape index (κ2) is 3.31. The molecule has 0 aliphatic carbocycles. The van der Waals surface area contributed by atoms with Gasteiger partial charge < -0.3 is 14.7 Å². The minimum Gasteiger partial charge on any atom is -0.482 e. The van der Waals surface area contributed by atoms with Gasteiger partial charge in [-0.2, -0.15) is 0 Å². The molecular weight excluding hydrogens is 182 g/mol. The number of fused-ring (bicyclic) bond motifs is 1. The van der Waals surface area contributed by atoms with Crippen LogP contribution < -0.4 is 9.64 Å². The van der Waals surface area contributed by atoms with E-state index in [1.807, 2.05) is 0 Å². The molecule has 1 aliphatic rings. The lowest BCUT2D eigenvalue weighted by molar-refractivity contribution is -0.120. The third kappa shape index (κ3) is 1.33. The van der Waals surface area contributed by atoms with E-state index in [0.717, 1.165) is 11.3 Å². The molecule has 0 unspecified atom stereocenters. The van der Waals surface area contributed by atoms with Crippen LogP contribution in [-0.2, 0) is 11.4 Å². The molecule has 2 rings (SSSR count). The number of anilines is 1. The van der Waals surface area contributed by atoms with Crippen LogP contribution in [0.5, 0.6) is 5.75 Å². The maximum atomic E-state index is 11.3. The topological polar surface area (TPSA) is 49.8 Å². The van der Waals surface area contributed by atoms with Crippen LogP contribution in [0.4, 0.5) is 5.69 Å². The Labute approximate surface area is 81.7 Å². The van der Waals surface area contributed by atoms with Gasteiger partial charge >= 0.3 is 0 Å². The first-order valence-corrected chi connectivity index (χ1v) is 4.35. The molecule has 0 atom stereocenters. The minimum atomic E-state index is -0.0609. The van der Waals surface area contributed by atoms with Gasteiger partial charge in [0, 0.05) is 7.05 Å². The molecule has 0 bridgehead atoms. The normalized spacial score (nSPS) is 15.0. The van der Waals surface area contributed by atoms with E-state index in [0.29, 0.717) is 5.75 Å². The van der Waals surface area contributed by atoms with Crippen LogP contribution in [0.1, 0.15) is 5.56 Å². The predicted molar refractivity (Wildman–Crippen MR) is 51.3 cm³/mol. The minimum absolute atomic E-state index is 0.0195. The second-order valence-electron chi connectivity index (χ2n) is 3.20. The van der Waals surface area contributed by atoms with Gasteiger partial charge in [0.1, 0.15) is 5.75 Å². The van der Waals surface area contributed by atoms with Crippen LogP contribution in [0.3, 0.4) is 0 Å². The molecule has 1 aliphatic heterocycles. The maximum absolute atomic E-state index is 11.3. The Balaban J connectivity index is 2.43. The van der Waals surface area contributed by atoms with Crippen molar-refractivity contribution in [2.75, 3.05) is 18.6 Å². The number of ether oxygens (including phenoxy) is 1. The standard InChI is InChI=1S/C10H11NO3/c1-11-8-3-2-7(5-12)4-9(8)14-6-10(11)13/h2-4,12H,5-6H2,1H3. The summed E-state index contributed by atoms with van der Waals surface area (Å²) < 4.78 is 5.25. The fourth-order valence-electron chi connectivity index (χ4n) is 1.42. The molecule has 1 N–H and O–H groups in total. The molecule has 0 radical (unpaired) electrons. The van der Waals surface area contributed by atoms with Gasteiger partial charge in [0.2, 0.25) is 0 Å². The molecule has 1 heterocycles. The van der Waals surface area contributed by atoms with Crippen molar-refractivity contribution in [1.82, 2.24) is 0 Å². The summed E-state index contributed by atoms with van der Waals surface area (Å²) in [6, 6.07) is 5.30. The summed E-state index contributed by atoms with van der Waals surface area (Å²) in [7, 11) is 1.71. The average molecular weight is 193 g/mol. The second-order valence-corrected chi connectivity index (χ2v) is 3.20. The van der Waals surface area contributed by atoms with Crippen LogP contribution in [0.15, 0.2) is 18.2 Å². The van der Waals surface area contributed by atoms with E-state index >= 15 is 0 Å². The molecule has 1 aromatic rings. The number of carbonyl (C=O) groups is 1. The number of likely N-dealkylation sites (N-methyl/N-ethyl adjacent to an activating group) is 1. The number of aliphatic hydroxyl groups is 1. The highest BCUT2D eigenvalue weighted by molar-refractivity contribution is 5.97. The molecule has 4 heteroatoms. The molecule has 0 spiro atoms. The Bertz CT molecular complexity index is 376. The lowest BCUT2D eigenvalue weighted by Gasteiger charge is -2.26. The van der Waals surface area contributed by atoms with Gasteiger partial charge in [0.25, 0.3) is 5.91 Å². The van der Waals surface area contributed by atoms with Gasteiger partial charge in [-0.15, -0.1) is 0 Å². The molecule has 0 fully saturated rings. The molecular formula is C10H11NO3. The van der Waals surface area contributed by atoms with Gasteiger partial charge in [-0.25, -0.2) is 0 Å². The molecule has 0 aromatic heterocycles. The zero-order chi connectivity index (χ0) is 10.1. The summed E-state index contributed by atoms with van der Waals surface area (Å²) in [5.74, 6) is 0.591. The monoisotopic (exact) mass is 193 g/mol. The number of aliphatic hydroxyl groups excluding tert-OH is 1. The van der Waals surface area contributed by atoms with E-state index in [4.69, 9.17) is 9.84 Å². The van der Waals surface area contributed by atoms with Crippen molar-refractivity contribution in [3.63, 3.8) is 0 Å². The highest BCUT2D eigenvalue weighted by Crippen LogP contribution is 2.31. The van der Waals surface area contributed by atoms with Crippen molar-refractivity contribution in [2.45, 2.75) is 6.61 Å². The van der Waals surface area contributed by atoms with Gasteiger partial charge in [0.15, 0.2) is 6.61 Å². The number of nitrogens with zero attached hydrogens (tertiary/aromatic N) is 1. The highest BCUT2D eigenvalue weighted by Gasteiger charge is 2.21. The van der Waals surface area contributed by atoms with Crippen molar-refractivity contribution in [1.29, 1.82) is 0 Å². The smallest absolute Gasteiger partial charge is 0.264 e. The van der Waals surface area contributed by atoms with Gasteiger partial charge in [-0.3, -0.25) is 4.79 Å². The first-order chi connectivity index (χ1) is 6.72. The van der Waals surface area contributed by atoms with Gasteiger partial charge in [-0.05, 0) is 17.7 Å². The van der Waals surface area contributed by atoms with Crippen molar-refractivity contribution in [2.24, 2.45) is 0 Å². The summed E-state index contributed by atoms with van der Waals surface area (Å²) >= 11 is 0. The van der Waals surface area contributed by atoms with E-state index in [1.54, 1.807) is 30.1 Å². The van der Waals surface area contributed by atoms with Crippen LogP contribution in [0, 0.1) is 0 Å². The summed E-state index contributed by atoms with van der Waals surface area (Å²) in [6.45, 7) is 0.0483. The first-order valence-electron chi connectivity index (χ1n) is 4.35. The van der Waals surface area contributed by atoms with Crippen molar-refractivity contribution >= 4 is 11.6 Å². The zero-order valence-electron chi connectivity index (χ0n) is 7.86. The van der Waals surface area contributed by atoms with Crippen molar-refractivity contribution in [3.8, 4) is 5.75 Å². The SMILES string of the molecule is CN1C(=O)COc2cc(CO)ccc21. The number of benzene rings is 1. The molecule has 1 aromatic carbocycles. The Kier molecular flexibility index (Phi) is 2.13. The summed E-state index contributed by atoms with van der Waals surface area (Å²) in [4.78, 5) is 12.8. The third-order valence-electron chi connectivity index (χ3n) is 2.29. The highest BCUT2D eigenvalue weighted by atomic mass is 16.5. The largest absolute Gasteiger partial charge is 0.482 e. The average Bonchev–Trinajstić information content (AvgIpc) is 2.23. The predicted octanol–water partition coefficient (Wildman–Crippen LogP) is 0.534. The van der Waals surface area contributed by atoms with E-state index in [2.05, 4.69) is 0 Å². The van der Waals surface area contributed by atoms with Crippen LogP contribution in [0.2, 0.25) is 0 Å². The van der Waals surface area contributed by atoms with Crippen molar-refractivity contribution in [3.05, 3.63) is 23.8 Å². The molecule has 0 saturated heterocycles. The lowest BCUT2D eigenvalue weighted by Crippen LogP contribution is -2.35. The fourth-order valence-corrected chi connectivity index (χ4v) is 1.42. The number of amides is 1. The number of carbonyl (C=O) groups excluding carboxylic acids is 1. The Morgan fingerprint density at radius 1 is 1.57 bits per heavy atom. The quantitative estimate of drug-likeness (QED) is 0.708. The Morgan fingerprint density at radius 2 is 2.36 bits per heavy atom. The molecule has 4 nitrogen and oxygen atoms in total. The van der Waals surface area contributed by atoms with Crippen LogP contribution in [-0.4, -0.2) is 24.7 Å². The van der Waals surface area contributed by atoms with E-state index in [1.165, 1.54) is 0 Å². The number of hydrogen-bond donors (Lipinski definition) is 1. The van der Waals surface area contributed by atoms with E-state index in [9.17, 15) is 4.79 Å². The molecule has 74 valence electrons. The van der Waals surface area contributed by atoms with Crippen LogP contribution in [0.25, 0.3) is 0 Å². The first kappa shape index (κ1) is 9.02. The third-order valence-corrected chi connectivity index (χ3v) is 2.29. The number of rotatable bonds is 1. The fraction of sp³-hybridized carbons (Fsp3) is 0.300. The van der Waals surface area contributed by atoms with Gasteiger partial charge in [0.05, 0.1) is 12.3 Å². The van der Waals surface area contributed by atoms with Gasteiger partial charge in [-0.1, -0.05) is 6.07 Å². The molecule has 0 saturated carbocycles. The summed E-state index contributed by atoms with van der Waals surface area (Å²) in [6.07, 6.45) is 0. The Hall–Kier alpha value is -1.55. The van der Waals surface area contributed by atoms with E-state index < -0.39 is 0 Å².